The molecule has 0 radical (unpaired) electrons. The van der Waals surface area contributed by atoms with Crippen molar-refractivity contribution in [3.8, 4) is 22.6 Å². The number of benzene rings is 2. The van der Waals surface area contributed by atoms with E-state index in [2.05, 4.69) is 47.4 Å². The van der Waals surface area contributed by atoms with Crippen LogP contribution in [0.4, 0.5) is 8.78 Å². The van der Waals surface area contributed by atoms with E-state index in [0.717, 1.165) is 39.5 Å². The second-order valence-corrected chi connectivity index (χ2v) is 11.0. The molecule has 0 atom stereocenters. The van der Waals surface area contributed by atoms with E-state index >= 15 is 0 Å². The quantitative estimate of drug-likeness (QED) is 0.213. The smallest absolute Gasteiger partial charge is 0.168 e. The number of hydrogen-bond acceptors (Lipinski definition) is 4. The van der Waals surface area contributed by atoms with Gasteiger partial charge in [0.25, 0.3) is 0 Å². The van der Waals surface area contributed by atoms with Gasteiger partial charge in [-0.25, -0.2) is 13.8 Å². The van der Waals surface area contributed by atoms with Gasteiger partial charge in [-0.2, -0.15) is 11.8 Å². The minimum absolute atomic E-state index is 0.0214. The van der Waals surface area contributed by atoms with Gasteiger partial charge in [0.1, 0.15) is 11.6 Å². The number of aromatic nitrogens is 2. The van der Waals surface area contributed by atoms with Gasteiger partial charge < -0.3 is 4.74 Å². The van der Waals surface area contributed by atoms with Gasteiger partial charge in [-0.15, -0.1) is 0 Å². The van der Waals surface area contributed by atoms with Gasteiger partial charge in [0.15, 0.2) is 17.2 Å². The average Bonchev–Trinajstić information content (AvgIpc) is 3.18. The van der Waals surface area contributed by atoms with Gasteiger partial charge in [-0.3, -0.25) is 3.97 Å². The first kappa shape index (κ1) is 23.4. The normalized spacial score (nSPS) is 11.8. The van der Waals surface area contributed by atoms with Crippen LogP contribution < -0.4 is 4.74 Å². The summed E-state index contributed by atoms with van der Waals surface area (Å²) in [6.45, 7) is 6.27. The topological polar surface area (TPSA) is 27.1 Å². The maximum atomic E-state index is 14.4. The summed E-state index contributed by atoms with van der Waals surface area (Å²) in [7, 11) is 1.54. The molecular formula is C24H21F2IN2OS2. The van der Waals surface area contributed by atoms with Gasteiger partial charge >= 0.3 is 0 Å². The molecule has 32 heavy (non-hydrogen) atoms. The molecule has 0 unspecified atom stereocenters. The third-order valence-corrected chi connectivity index (χ3v) is 8.39. The maximum absolute atomic E-state index is 14.4. The zero-order chi connectivity index (χ0) is 23.0. The Morgan fingerprint density at radius 2 is 1.75 bits per heavy atom. The van der Waals surface area contributed by atoms with E-state index in [4.69, 9.17) is 9.72 Å². The Kier molecular flexibility index (Phi) is 6.74. The lowest BCUT2D eigenvalue weighted by atomic mass is 9.94. The van der Waals surface area contributed by atoms with Crippen LogP contribution in [0.25, 0.3) is 22.2 Å². The Hall–Kier alpha value is -1.78. The number of halogens is 3. The fourth-order valence-electron chi connectivity index (χ4n) is 3.49. The second kappa shape index (κ2) is 9.23. The molecule has 0 aliphatic carbocycles. The number of rotatable bonds is 6. The van der Waals surface area contributed by atoms with Crippen LogP contribution in [0.1, 0.15) is 25.1 Å². The highest BCUT2D eigenvalue weighted by atomic mass is 127. The molecule has 8 heteroatoms. The van der Waals surface area contributed by atoms with Crippen molar-refractivity contribution in [1.82, 2.24) is 8.96 Å². The van der Waals surface area contributed by atoms with Crippen molar-refractivity contribution in [1.29, 1.82) is 0 Å². The van der Waals surface area contributed by atoms with E-state index in [1.807, 2.05) is 41.4 Å². The highest BCUT2D eigenvalue weighted by Gasteiger charge is 2.23. The van der Waals surface area contributed by atoms with E-state index in [9.17, 15) is 8.78 Å². The van der Waals surface area contributed by atoms with Crippen molar-refractivity contribution in [3.05, 3.63) is 77.6 Å². The molecule has 0 saturated heterocycles. The lowest BCUT2D eigenvalue weighted by molar-refractivity contribution is 0.439. The summed E-state index contributed by atoms with van der Waals surface area (Å²) in [4.78, 5) is 4.71. The van der Waals surface area contributed by atoms with E-state index in [1.54, 1.807) is 20.9 Å². The van der Waals surface area contributed by atoms with Crippen LogP contribution in [0, 0.1) is 18.6 Å². The van der Waals surface area contributed by atoms with Gasteiger partial charge in [0.2, 0.25) is 0 Å². The van der Waals surface area contributed by atoms with Crippen LogP contribution in [-0.4, -0.2) is 15.2 Å². The standard InChI is InChI=1S/C24H21F2IN2OS2/c1-14-11-18(17-9-10-29(32-27)23(17)28-14)19-12-15(24(2,3)31-4)5-7-21(19)30-22-8-6-16(25)13-20(22)26/h5-13H,1-4H3. The molecule has 2 aromatic heterocycles. The van der Waals surface area contributed by atoms with E-state index in [1.165, 1.54) is 12.1 Å². The predicted octanol–water partition coefficient (Wildman–Crippen LogP) is 8.53. The van der Waals surface area contributed by atoms with Crippen LogP contribution in [-0.2, 0) is 4.75 Å². The number of pyridine rings is 1. The number of thioether (sulfide) groups is 1. The molecular weight excluding hydrogens is 561 g/mol. The monoisotopic (exact) mass is 582 g/mol. The van der Waals surface area contributed by atoms with Crippen molar-refractivity contribution >= 4 is 53.1 Å². The molecule has 4 rings (SSSR count). The minimum atomic E-state index is -0.743. The first-order chi connectivity index (χ1) is 15.2. The molecule has 0 aliphatic heterocycles. The molecule has 3 nitrogen and oxygen atoms in total. The number of aryl methyl sites for hydroxylation is 1. The molecule has 0 bridgehead atoms. The lowest BCUT2D eigenvalue weighted by Crippen LogP contribution is -2.11. The Morgan fingerprint density at radius 3 is 2.44 bits per heavy atom. The maximum Gasteiger partial charge on any atom is 0.168 e. The molecule has 2 heterocycles. The predicted molar refractivity (Wildman–Crippen MR) is 140 cm³/mol. The number of hydrogen-bond donors (Lipinski definition) is 0. The second-order valence-electron chi connectivity index (χ2n) is 7.86. The van der Waals surface area contributed by atoms with Crippen LogP contribution >= 0.6 is 42.1 Å². The Morgan fingerprint density at radius 1 is 1.00 bits per heavy atom. The number of ether oxygens (including phenoxy) is 1. The van der Waals surface area contributed by atoms with Crippen molar-refractivity contribution < 1.29 is 13.5 Å². The summed E-state index contributed by atoms with van der Waals surface area (Å²) in [5, 5.41) is 0.975. The van der Waals surface area contributed by atoms with Gasteiger partial charge in [0, 0.05) is 64.0 Å². The van der Waals surface area contributed by atoms with Crippen LogP contribution in [0.2, 0.25) is 0 Å². The summed E-state index contributed by atoms with van der Waals surface area (Å²) in [5.74, 6) is -0.908. The molecule has 0 spiro atoms. The third kappa shape index (κ3) is 4.49. The van der Waals surface area contributed by atoms with Crippen molar-refractivity contribution in [3.63, 3.8) is 0 Å². The van der Waals surface area contributed by atoms with E-state index in [-0.39, 0.29) is 10.5 Å². The number of fused-ring (bicyclic) bond motifs is 1. The van der Waals surface area contributed by atoms with Crippen LogP contribution in [0.3, 0.4) is 0 Å². The molecule has 0 saturated carbocycles. The molecule has 2 aromatic carbocycles. The first-order valence-corrected chi connectivity index (χ1v) is 14.4. The van der Waals surface area contributed by atoms with Crippen molar-refractivity contribution in [2.24, 2.45) is 0 Å². The van der Waals surface area contributed by atoms with E-state index in [0.29, 0.717) is 5.75 Å². The molecule has 0 N–H and O–H groups in total. The lowest BCUT2D eigenvalue weighted by Gasteiger charge is -2.24. The Labute approximate surface area is 206 Å². The Bertz CT molecular complexity index is 1310. The van der Waals surface area contributed by atoms with Crippen molar-refractivity contribution in [2.75, 3.05) is 6.26 Å². The first-order valence-electron chi connectivity index (χ1n) is 9.84. The van der Waals surface area contributed by atoms with Crippen molar-refractivity contribution in [2.45, 2.75) is 25.5 Å². The van der Waals surface area contributed by atoms with Gasteiger partial charge in [0.05, 0.1) is 0 Å². The highest BCUT2D eigenvalue weighted by molar-refractivity contribution is 14.2. The SMILES string of the molecule is CSC(C)(C)c1ccc(Oc2ccc(F)cc2F)c(-c2cc(C)nc3c2ccn3SI)c1. The average molecular weight is 582 g/mol. The molecule has 0 fully saturated rings. The zero-order valence-electron chi connectivity index (χ0n) is 17.9. The third-order valence-electron chi connectivity index (χ3n) is 5.42. The summed E-state index contributed by atoms with van der Waals surface area (Å²) >= 11 is 3.97. The Balaban J connectivity index is 1.95. The number of nitrogens with zero attached hydrogens (tertiary/aromatic N) is 2. The largest absolute Gasteiger partial charge is 0.454 e. The van der Waals surface area contributed by atoms with Crippen LogP contribution in [0.5, 0.6) is 11.5 Å². The molecule has 166 valence electrons. The fraction of sp³-hybridized carbons (Fsp3) is 0.208. The summed E-state index contributed by atoms with van der Waals surface area (Å²) in [6.07, 6.45) is 4.05. The van der Waals surface area contributed by atoms with E-state index < -0.39 is 11.6 Å². The summed E-state index contributed by atoms with van der Waals surface area (Å²) < 4.78 is 35.6. The minimum Gasteiger partial charge on any atom is -0.454 e. The van der Waals surface area contributed by atoms with Crippen LogP contribution in [0.15, 0.2) is 54.7 Å². The van der Waals surface area contributed by atoms with Gasteiger partial charge in [-0.1, -0.05) is 6.07 Å². The molecule has 0 aliphatic rings. The molecule has 4 aromatic rings. The summed E-state index contributed by atoms with van der Waals surface area (Å²) in [6, 6.07) is 13.3. The van der Waals surface area contributed by atoms with Gasteiger partial charge in [-0.05, 0) is 74.6 Å². The highest BCUT2D eigenvalue weighted by Crippen LogP contribution is 2.43. The zero-order valence-corrected chi connectivity index (χ0v) is 21.7. The fourth-order valence-corrected chi connectivity index (χ4v) is 5.12. The molecule has 0 amide bonds. The summed E-state index contributed by atoms with van der Waals surface area (Å²) in [5.41, 5.74) is 4.63.